The number of carbonyl (C=O) groups excluding carboxylic acids is 1. The minimum Gasteiger partial charge on any atom is -0.480 e. The largest absolute Gasteiger partial charge is 0.480 e. The number of carboxylic acids is 1. The first-order chi connectivity index (χ1) is 9.79. The third-order valence-electron chi connectivity index (χ3n) is 3.38. The van der Waals surface area contributed by atoms with Crippen LogP contribution in [0.15, 0.2) is 12.3 Å². The number of amides is 1. The topological polar surface area (TPSA) is 70.5 Å². The van der Waals surface area contributed by atoms with Crippen LogP contribution in [-0.4, -0.2) is 39.5 Å². The van der Waals surface area contributed by atoms with Crippen molar-refractivity contribution in [1.29, 1.82) is 0 Å². The second kappa shape index (κ2) is 5.97. The van der Waals surface area contributed by atoms with Crippen LogP contribution < -0.4 is 0 Å². The molecule has 0 saturated carbocycles. The fraction of sp³-hybridized carbons (Fsp3) is 0.533. The van der Waals surface area contributed by atoms with Gasteiger partial charge in [0.2, 0.25) is 5.91 Å². The Bertz CT molecular complexity index is 572. The zero-order chi connectivity index (χ0) is 15.6. The maximum Gasteiger partial charge on any atom is 0.326 e. The van der Waals surface area contributed by atoms with Gasteiger partial charge in [0.05, 0.1) is 5.01 Å². The lowest BCUT2D eigenvalue weighted by Crippen LogP contribution is -2.39. The number of aromatic nitrogens is 1. The lowest BCUT2D eigenvalue weighted by Gasteiger charge is -2.19. The number of rotatable bonds is 3. The molecular formula is C15H20N2O3S. The highest BCUT2D eigenvalue weighted by atomic mass is 32.1. The molecule has 5 nitrogen and oxygen atoms in total. The zero-order valence-electron chi connectivity index (χ0n) is 12.5. The van der Waals surface area contributed by atoms with Gasteiger partial charge in [0.1, 0.15) is 6.04 Å². The molecule has 0 bridgehead atoms. The second-order valence-corrected chi connectivity index (χ2v) is 7.24. The summed E-state index contributed by atoms with van der Waals surface area (Å²) in [5.41, 5.74) is -0.00980. The molecule has 1 unspecified atom stereocenters. The highest BCUT2D eigenvalue weighted by molar-refractivity contribution is 7.12. The Morgan fingerprint density at radius 3 is 2.76 bits per heavy atom. The number of likely N-dealkylation sites (tertiary alicyclic amines) is 1. The Hall–Kier alpha value is -1.69. The van der Waals surface area contributed by atoms with Crippen LogP contribution in [0.1, 0.15) is 43.5 Å². The van der Waals surface area contributed by atoms with Gasteiger partial charge in [-0.2, -0.15) is 0 Å². The van der Waals surface area contributed by atoms with Crippen molar-refractivity contribution < 1.29 is 14.7 Å². The van der Waals surface area contributed by atoms with E-state index in [2.05, 4.69) is 25.8 Å². The van der Waals surface area contributed by atoms with Crippen molar-refractivity contribution in [3.05, 3.63) is 22.2 Å². The van der Waals surface area contributed by atoms with Gasteiger partial charge in [0.25, 0.3) is 0 Å². The van der Waals surface area contributed by atoms with Gasteiger partial charge in [-0.05, 0) is 18.9 Å². The summed E-state index contributed by atoms with van der Waals surface area (Å²) in [6.45, 7) is 6.78. The molecule has 1 aliphatic heterocycles. The van der Waals surface area contributed by atoms with Crippen LogP contribution in [0.4, 0.5) is 0 Å². The summed E-state index contributed by atoms with van der Waals surface area (Å²) < 4.78 is 0. The van der Waals surface area contributed by atoms with Crippen LogP contribution >= 0.6 is 11.3 Å². The van der Waals surface area contributed by atoms with Crippen molar-refractivity contribution in [2.24, 2.45) is 0 Å². The smallest absolute Gasteiger partial charge is 0.326 e. The van der Waals surface area contributed by atoms with Gasteiger partial charge >= 0.3 is 5.97 Å². The van der Waals surface area contributed by atoms with Gasteiger partial charge in [-0.25, -0.2) is 9.78 Å². The number of hydrogen-bond donors (Lipinski definition) is 1. The molecule has 1 aromatic heterocycles. The van der Waals surface area contributed by atoms with Crippen molar-refractivity contribution in [3.8, 4) is 0 Å². The van der Waals surface area contributed by atoms with Crippen molar-refractivity contribution in [1.82, 2.24) is 9.88 Å². The van der Waals surface area contributed by atoms with Crippen LogP contribution in [0.3, 0.4) is 0 Å². The highest BCUT2D eigenvalue weighted by Gasteiger charge is 2.32. The number of carbonyl (C=O) groups is 2. The average molecular weight is 308 g/mol. The van der Waals surface area contributed by atoms with Crippen LogP contribution in [-0.2, 0) is 15.0 Å². The second-order valence-electron chi connectivity index (χ2n) is 6.18. The molecule has 2 rings (SSSR count). The summed E-state index contributed by atoms with van der Waals surface area (Å²) >= 11 is 1.55. The van der Waals surface area contributed by atoms with E-state index in [0.717, 1.165) is 16.3 Å². The molecule has 0 aromatic carbocycles. The number of aliphatic carboxylic acids is 1. The lowest BCUT2D eigenvalue weighted by molar-refractivity contribution is -0.146. The van der Waals surface area contributed by atoms with E-state index in [0.29, 0.717) is 13.0 Å². The van der Waals surface area contributed by atoms with E-state index in [1.54, 1.807) is 23.6 Å². The molecule has 1 amide bonds. The number of thiazole rings is 1. The standard InChI is InChI=1S/C15H20N2O3S/c1-15(2,3)14-16-9-10(21-14)6-7-12(18)17-8-4-5-11(17)13(19)20/h6-7,9,11H,4-5,8H2,1-3H3,(H,19,20). The van der Waals surface area contributed by atoms with Crippen LogP contribution in [0, 0.1) is 0 Å². The summed E-state index contributed by atoms with van der Waals surface area (Å²) in [6, 6.07) is -0.686. The maximum atomic E-state index is 12.1. The summed E-state index contributed by atoms with van der Waals surface area (Å²) in [7, 11) is 0. The van der Waals surface area contributed by atoms with E-state index in [-0.39, 0.29) is 11.3 Å². The molecule has 114 valence electrons. The minimum atomic E-state index is -0.929. The van der Waals surface area contributed by atoms with Gasteiger partial charge < -0.3 is 10.0 Å². The van der Waals surface area contributed by atoms with Crippen molar-refractivity contribution in [2.45, 2.75) is 45.1 Å². The van der Waals surface area contributed by atoms with Crippen molar-refractivity contribution >= 4 is 29.3 Å². The maximum absolute atomic E-state index is 12.1. The molecule has 0 aliphatic carbocycles. The molecule has 2 heterocycles. The monoisotopic (exact) mass is 308 g/mol. The van der Waals surface area contributed by atoms with Crippen molar-refractivity contribution in [3.63, 3.8) is 0 Å². The first-order valence-corrected chi connectivity index (χ1v) is 7.78. The Balaban J connectivity index is 2.05. The Morgan fingerprint density at radius 1 is 1.48 bits per heavy atom. The molecular weight excluding hydrogens is 288 g/mol. The van der Waals surface area contributed by atoms with E-state index in [1.165, 1.54) is 11.0 Å². The number of nitrogens with zero attached hydrogens (tertiary/aromatic N) is 2. The normalized spacial score (nSPS) is 19.4. The van der Waals surface area contributed by atoms with Crippen LogP contribution in [0.5, 0.6) is 0 Å². The summed E-state index contributed by atoms with van der Waals surface area (Å²) in [6.07, 6.45) is 6.18. The molecule has 0 radical (unpaired) electrons. The number of hydrogen-bond acceptors (Lipinski definition) is 4. The SMILES string of the molecule is CC(C)(C)c1ncc(C=CC(=O)N2CCCC2C(=O)O)s1. The van der Waals surface area contributed by atoms with Gasteiger partial charge in [-0.1, -0.05) is 20.8 Å². The average Bonchev–Trinajstić information content (AvgIpc) is 3.04. The lowest BCUT2D eigenvalue weighted by atomic mass is 9.98. The molecule has 1 saturated heterocycles. The molecule has 1 N–H and O–H groups in total. The molecule has 1 atom stereocenters. The first kappa shape index (κ1) is 15.7. The fourth-order valence-electron chi connectivity index (χ4n) is 2.25. The zero-order valence-corrected chi connectivity index (χ0v) is 13.3. The summed E-state index contributed by atoms with van der Waals surface area (Å²) in [5, 5.41) is 10.1. The van der Waals surface area contributed by atoms with Gasteiger partial charge in [0.15, 0.2) is 0 Å². The van der Waals surface area contributed by atoms with E-state index >= 15 is 0 Å². The Kier molecular flexibility index (Phi) is 4.46. The first-order valence-electron chi connectivity index (χ1n) is 6.97. The third kappa shape index (κ3) is 3.69. The van der Waals surface area contributed by atoms with E-state index in [9.17, 15) is 9.59 Å². The van der Waals surface area contributed by atoms with Crippen LogP contribution in [0.2, 0.25) is 0 Å². The molecule has 0 spiro atoms. The molecule has 1 aliphatic rings. The predicted molar refractivity (Wildman–Crippen MR) is 82.2 cm³/mol. The quantitative estimate of drug-likeness (QED) is 0.871. The summed E-state index contributed by atoms with van der Waals surface area (Å²) in [5.74, 6) is -1.17. The molecule has 6 heteroatoms. The highest BCUT2D eigenvalue weighted by Crippen LogP contribution is 2.27. The third-order valence-corrected chi connectivity index (χ3v) is 4.76. The molecule has 21 heavy (non-hydrogen) atoms. The molecule has 1 fully saturated rings. The van der Waals surface area contributed by atoms with E-state index in [4.69, 9.17) is 5.11 Å². The minimum absolute atomic E-state index is 0.00980. The van der Waals surface area contributed by atoms with E-state index in [1.807, 2.05) is 0 Å². The fourth-order valence-corrected chi connectivity index (χ4v) is 3.12. The Labute approximate surface area is 128 Å². The van der Waals surface area contributed by atoms with Gasteiger partial charge in [-0.15, -0.1) is 11.3 Å². The van der Waals surface area contributed by atoms with E-state index < -0.39 is 12.0 Å². The van der Waals surface area contributed by atoms with Gasteiger partial charge in [-0.3, -0.25) is 4.79 Å². The predicted octanol–water partition coefficient (Wildman–Crippen LogP) is 2.53. The van der Waals surface area contributed by atoms with Crippen molar-refractivity contribution in [2.75, 3.05) is 6.54 Å². The Morgan fingerprint density at radius 2 is 2.19 bits per heavy atom. The number of carboxylic acid groups (broad SMARTS) is 1. The van der Waals surface area contributed by atoms with Gasteiger partial charge in [0, 0.05) is 29.1 Å². The summed E-state index contributed by atoms with van der Waals surface area (Å²) in [4.78, 5) is 29.9. The van der Waals surface area contributed by atoms with Crippen LogP contribution in [0.25, 0.3) is 6.08 Å². The molecule has 1 aromatic rings.